The fourth-order valence-electron chi connectivity index (χ4n) is 6.02. The Labute approximate surface area is 233 Å². The molecule has 2 aromatic rings. The van der Waals surface area contributed by atoms with E-state index in [-0.39, 0.29) is 36.3 Å². The summed E-state index contributed by atoms with van der Waals surface area (Å²) in [6.07, 6.45) is 4.30. The Balaban J connectivity index is 1.32. The molecule has 0 radical (unpaired) electrons. The van der Waals surface area contributed by atoms with E-state index in [0.717, 1.165) is 37.9 Å². The van der Waals surface area contributed by atoms with Gasteiger partial charge in [0.2, 0.25) is 11.8 Å². The van der Waals surface area contributed by atoms with E-state index in [2.05, 4.69) is 4.90 Å². The molecule has 0 aromatic heterocycles. The molecule has 3 heterocycles. The van der Waals surface area contributed by atoms with Crippen LogP contribution in [0.5, 0.6) is 0 Å². The van der Waals surface area contributed by atoms with Crippen LogP contribution in [0.1, 0.15) is 39.0 Å². The van der Waals surface area contributed by atoms with E-state index in [1.807, 2.05) is 4.90 Å². The molecule has 3 fully saturated rings. The van der Waals surface area contributed by atoms with Crippen LogP contribution in [0.15, 0.2) is 41.3 Å². The lowest BCUT2D eigenvalue weighted by atomic mass is 10.1. The first kappa shape index (κ1) is 27.8. The maximum Gasteiger partial charge on any atom is 0.314 e. The lowest BCUT2D eigenvalue weighted by molar-refractivity contribution is -0.163. The van der Waals surface area contributed by atoms with E-state index in [1.165, 1.54) is 29.9 Å². The molecular weight excluding hydrogens is 544 g/mol. The summed E-state index contributed by atoms with van der Waals surface area (Å²) < 4.78 is 27.6. The highest BCUT2D eigenvalue weighted by molar-refractivity contribution is 7.89. The highest BCUT2D eigenvalue weighted by Crippen LogP contribution is 2.30. The molecule has 3 atom stereocenters. The molecule has 39 heavy (non-hydrogen) atoms. The summed E-state index contributed by atoms with van der Waals surface area (Å²) in [6.45, 7) is 5.43. The molecule has 3 aliphatic heterocycles. The number of fused-ring (bicyclic) bond motifs is 1. The van der Waals surface area contributed by atoms with Gasteiger partial charge in [0.25, 0.3) is 10.0 Å². The molecule has 10 nitrogen and oxygen atoms in total. The first-order chi connectivity index (χ1) is 18.7. The summed E-state index contributed by atoms with van der Waals surface area (Å²) in [5.74, 6) is -0.700. The van der Waals surface area contributed by atoms with Crippen molar-refractivity contribution in [2.24, 2.45) is 0 Å². The van der Waals surface area contributed by atoms with Gasteiger partial charge in [0.05, 0.1) is 4.90 Å². The predicted octanol–water partition coefficient (Wildman–Crippen LogP) is 2.65. The zero-order chi connectivity index (χ0) is 27.7. The van der Waals surface area contributed by atoms with E-state index in [0.29, 0.717) is 21.4 Å². The number of likely N-dealkylation sites (tertiary alicyclic amines) is 3. The number of carbonyl (C=O) groups is 3. The largest absolute Gasteiger partial charge is 0.355 e. The molecule has 210 valence electrons. The van der Waals surface area contributed by atoms with Gasteiger partial charge in [-0.2, -0.15) is 0 Å². The average Bonchev–Trinajstić information content (AvgIpc) is 3.68. The number of sulfonamides is 1. The smallest absolute Gasteiger partial charge is 0.314 e. The summed E-state index contributed by atoms with van der Waals surface area (Å²) in [6, 6.07) is 7.56. The van der Waals surface area contributed by atoms with E-state index < -0.39 is 28.0 Å². The number of hydroxylamine groups is 1. The van der Waals surface area contributed by atoms with Crippen molar-refractivity contribution < 1.29 is 27.6 Å². The highest BCUT2D eigenvalue weighted by atomic mass is 35.5. The number of benzene rings is 2. The van der Waals surface area contributed by atoms with E-state index in [9.17, 15) is 22.8 Å². The van der Waals surface area contributed by atoms with Crippen molar-refractivity contribution in [3.8, 4) is 0 Å². The van der Waals surface area contributed by atoms with Crippen LogP contribution in [0.25, 0.3) is 10.8 Å². The third-order valence-electron chi connectivity index (χ3n) is 8.07. The number of halogens is 1. The molecule has 0 bridgehead atoms. The molecule has 5 rings (SSSR count). The third-order valence-corrected chi connectivity index (χ3v) is 9.97. The molecule has 0 spiro atoms. The quantitative estimate of drug-likeness (QED) is 0.334. The van der Waals surface area contributed by atoms with Gasteiger partial charge in [-0.1, -0.05) is 23.7 Å². The van der Waals surface area contributed by atoms with Crippen molar-refractivity contribution in [3.63, 3.8) is 0 Å². The molecular formula is C27H33ClN4O6S. The van der Waals surface area contributed by atoms with Gasteiger partial charge < -0.3 is 19.5 Å². The highest BCUT2D eigenvalue weighted by Gasteiger charge is 2.47. The van der Waals surface area contributed by atoms with Gasteiger partial charge in [-0.3, -0.25) is 14.4 Å². The summed E-state index contributed by atoms with van der Waals surface area (Å²) in [7, 11) is -4.39. The lowest BCUT2D eigenvalue weighted by Gasteiger charge is -2.33. The molecule has 3 aliphatic rings. The second kappa shape index (κ2) is 11.4. The molecule has 2 aromatic carbocycles. The van der Waals surface area contributed by atoms with Crippen LogP contribution in [0.4, 0.5) is 0 Å². The minimum absolute atomic E-state index is 0.00389. The maximum atomic E-state index is 13.6. The number of hydrogen-bond acceptors (Lipinski definition) is 7. The monoisotopic (exact) mass is 576 g/mol. The normalized spacial score (nSPS) is 23.2. The standard InChI is InChI=1S/C27H33ClN4O6S/c1-19(26(34)31-13-4-5-23(31)17-29-11-2-3-12-29)30-14-10-25(27(30)35)32(38-18-33)39(36,37)24-9-7-20-15-22(28)8-6-21(20)16-24/h6-9,15-16,18-19,23,25H,2-5,10-14,17H2,1H3/t19-,23?,25+/m0/s1. The fraction of sp³-hybridized carbons (Fsp3) is 0.519. The first-order valence-electron chi connectivity index (χ1n) is 13.4. The minimum Gasteiger partial charge on any atom is -0.355 e. The molecule has 12 heteroatoms. The van der Waals surface area contributed by atoms with Crippen LogP contribution in [-0.2, 0) is 29.2 Å². The van der Waals surface area contributed by atoms with Crippen LogP contribution < -0.4 is 0 Å². The van der Waals surface area contributed by atoms with Crippen LogP contribution >= 0.6 is 11.6 Å². The Kier molecular flexibility index (Phi) is 8.14. The van der Waals surface area contributed by atoms with Gasteiger partial charge in [-0.15, -0.1) is 0 Å². The minimum atomic E-state index is -4.39. The van der Waals surface area contributed by atoms with Crippen LogP contribution in [0, 0.1) is 0 Å². The second-order valence-electron chi connectivity index (χ2n) is 10.5. The predicted molar refractivity (Wildman–Crippen MR) is 145 cm³/mol. The lowest BCUT2D eigenvalue weighted by Crippen LogP contribution is -2.53. The average molecular weight is 577 g/mol. The summed E-state index contributed by atoms with van der Waals surface area (Å²) in [5.41, 5.74) is 0. The summed E-state index contributed by atoms with van der Waals surface area (Å²) >= 11 is 6.03. The molecule has 0 saturated carbocycles. The molecule has 2 amide bonds. The third kappa shape index (κ3) is 5.50. The van der Waals surface area contributed by atoms with E-state index in [1.54, 1.807) is 31.2 Å². The molecule has 3 saturated heterocycles. The van der Waals surface area contributed by atoms with Gasteiger partial charge in [0, 0.05) is 30.7 Å². The van der Waals surface area contributed by atoms with Crippen molar-refractivity contribution in [1.82, 2.24) is 19.2 Å². The van der Waals surface area contributed by atoms with Crippen molar-refractivity contribution in [2.45, 2.75) is 62.0 Å². The van der Waals surface area contributed by atoms with Gasteiger partial charge in [0.15, 0.2) is 0 Å². The number of rotatable bonds is 9. The summed E-state index contributed by atoms with van der Waals surface area (Å²) in [4.78, 5) is 48.8. The van der Waals surface area contributed by atoms with Gasteiger partial charge in [0.1, 0.15) is 12.1 Å². The van der Waals surface area contributed by atoms with Crippen molar-refractivity contribution >= 4 is 50.7 Å². The maximum absolute atomic E-state index is 13.6. The number of nitrogens with zero attached hydrogens (tertiary/aromatic N) is 4. The fourth-order valence-corrected chi connectivity index (χ4v) is 7.60. The Morgan fingerprint density at radius 2 is 1.79 bits per heavy atom. The summed E-state index contributed by atoms with van der Waals surface area (Å²) in [5, 5.41) is 1.88. The molecule has 1 unspecified atom stereocenters. The van der Waals surface area contributed by atoms with E-state index >= 15 is 0 Å². The Bertz CT molecular complexity index is 1370. The van der Waals surface area contributed by atoms with Gasteiger partial charge in [-0.05, 0) is 91.6 Å². The van der Waals surface area contributed by atoms with Crippen LogP contribution in [-0.4, -0.2) is 96.7 Å². The van der Waals surface area contributed by atoms with Crippen molar-refractivity contribution in [2.75, 3.05) is 32.7 Å². The SMILES string of the molecule is C[C@@H](C(=O)N1CCCC1CN1CCCC1)N1CC[C@@H](N(OC=O)S(=O)(=O)c2ccc3cc(Cl)ccc3c2)C1=O. The zero-order valence-electron chi connectivity index (χ0n) is 21.9. The van der Waals surface area contributed by atoms with Crippen LogP contribution in [0.3, 0.4) is 0 Å². The van der Waals surface area contributed by atoms with Crippen molar-refractivity contribution in [1.29, 1.82) is 0 Å². The molecule has 0 aliphatic carbocycles. The van der Waals surface area contributed by atoms with Gasteiger partial charge >= 0.3 is 6.47 Å². The number of amides is 2. The van der Waals surface area contributed by atoms with Crippen molar-refractivity contribution in [3.05, 3.63) is 41.4 Å². The number of carbonyl (C=O) groups excluding carboxylic acids is 3. The zero-order valence-corrected chi connectivity index (χ0v) is 23.4. The first-order valence-corrected chi connectivity index (χ1v) is 15.2. The van der Waals surface area contributed by atoms with Crippen LogP contribution in [0.2, 0.25) is 5.02 Å². The van der Waals surface area contributed by atoms with E-state index in [4.69, 9.17) is 16.4 Å². The Hall–Kier alpha value is -2.73. The Morgan fingerprint density at radius 1 is 1.08 bits per heavy atom. The van der Waals surface area contributed by atoms with Gasteiger partial charge in [-0.25, -0.2) is 8.42 Å². The topological polar surface area (TPSA) is 108 Å². The number of hydrogen-bond donors (Lipinski definition) is 0. The molecule has 0 N–H and O–H groups in total. The Morgan fingerprint density at radius 3 is 2.54 bits per heavy atom. The second-order valence-corrected chi connectivity index (χ2v) is 12.7.